The Hall–Kier alpha value is -0.980. The van der Waals surface area contributed by atoms with Gasteiger partial charge in [-0.2, -0.15) is 0 Å². The number of likely N-dealkylation sites (N-methyl/N-ethyl adjacent to an activating group) is 1. The van der Waals surface area contributed by atoms with Crippen molar-refractivity contribution in [2.24, 2.45) is 0 Å². The van der Waals surface area contributed by atoms with E-state index in [1.165, 1.54) is 5.01 Å². The summed E-state index contributed by atoms with van der Waals surface area (Å²) in [6.07, 6.45) is 5.56. The number of carbonyl (C=O) groups excluding carboxylic acids is 1. The molecule has 1 amide bonds. The van der Waals surface area contributed by atoms with E-state index in [9.17, 15) is 4.79 Å². The third kappa shape index (κ3) is 3.27. The van der Waals surface area contributed by atoms with E-state index in [-0.39, 0.29) is 17.6 Å². The summed E-state index contributed by atoms with van der Waals surface area (Å²) >= 11 is 1.71. The molecule has 0 radical (unpaired) electrons. The Morgan fingerprint density at radius 1 is 1.48 bits per heavy atom. The number of rotatable bonds is 3. The van der Waals surface area contributed by atoms with E-state index in [0.717, 1.165) is 45.3 Å². The molecule has 2 aliphatic heterocycles. The first-order valence-corrected chi connectivity index (χ1v) is 8.46. The summed E-state index contributed by atoms with van der Waals surface area (Å²) in [6.45, 7) is 3.00. The Morgan fingerprint density at radius 2 is 2.24 bits per heavy atom. The lowest BCUT2D eigenvalue weighted by atomic mass is 9.88. The Morgan fingerprint density at radius 3 is 2.86 bits per heavy atom. The lowest BCUT2D eigenvalue weighted by molar-refractivity contribution is -0.148. The first-order chi connectivity index (χ1) is 10.1. The van der Waals surface area contributed by atoms with Crippen LogP contribution in [0.25, 0.3) is 0 Å². The summed E-state index contributed by atoms with van der Waals surface area (Å²) in [6, 6.07) is 0. The van der Waals surface area contributed by atoms with Gasteiger partial charge in [-0.1, -0.05) is 0 Å². The van der Waals surface area contributed by atoms with E-state index in [1.54, 1.807) is 30.3 Å². The van der Waals surface area contributed by atoms with Gasteiger partial charge < -0.3 is 9.64 Å². The first-order valence-electron chi connectivity index (χ1n) is 7.58. The summed E-state index contributed by atoms with van der Waals surface area (Å²) in [5.74, 6) is 0.108. The molecule has 1 atom stereocenters. The minimum absolute atomic E-state index is 0.0598. The monoisotopic (exact) mass is 309 g/mol. The van der Waals surface area contributed by atoms with Crippen LogP contribution in [-0.2, 0) is 16.1 Å². The summed E-state index contributed by atoms with van der Waals surface area (Å²) in [4.78, 5) is 20.5. The number of piperidine rings is 1. The lowest BCUT2D eigenvalue weighted by Gasteiger charge is -2.38. The van der Waals surface area contributed by atoms with Gasteiger partial charge in [-0.3, -0.25) is 9.69 Å². The van der Waals surface area contributed by atoms with Gasteiger partial charge in [-0.15, -0.1) is 11.3 Å². The van der Waals surface area contributed by atoms with Crippen molar-refractivity contribution in [2.45, 2.75) is 43.9 Å². The van der Waals surface area contributed by atoms with Crippen molar-refractivity contribution in [3.63, 3.8) is 0 Å². The van der Waals surface area contributed by atoms with Crippen molar-refractivity contribution >= 4 is 17.2 Å². The number of aromatic nitrogens is 1. The summed E-state index contributed by atoms with van der Waals surface area (Å²) in [7, 11) is 3.60. The topological polar surface area (TPSA) is 45.7 Å². The van der Waals surface area contributed by atoms with Crippen molar-refractivity contribution in [1.82, 2.24) is 14.8 Å². The molecular formula is C15H23N3O2S. The van der Waals surface area contributed by atoms with Gasteiger partial charge in [0.1, 0.15) is 11.1 Å². The van der Waals surface area contributed by atoms with E-state index in [1.807, 2.05) is 11.6 Å². The van der Waals surface area contributed by atoms with Crippen molar-refractivity contribution in [3.05, 3.63) is 16.6 Å². The highest BCUT2D eigenvalue weighted by Gasteiger charge is 2.44. The van der Waals surface area contributed by atoms with Gasteiger partial charge in [0, 0.05) is 38.8 Å². The SMILES string of the molecule is CN(C)C(=O)[C@H]1CCC2(CCN(Cc3nccs3)CC2)O1. The molecule has 0 unspecified atom stereocenters. The molecule has 0 bridgehead atoms. The predicted octanol–water partition coefficient (Wildman–Crippen LogP) is 1.74. The van der Waals surface area contributed by atoms with E-state index in [4.69, 9.17) is 4.74 Å². The number of hydrogen-bond acceptors (Lipinski definition) is 5. The zero-order valence-corrected chi connectivity index (χ0v) is 13.6. The molecule has 116 valence electrons. The van der Waals surface area contributed by atoms with Crippen molar-refractivity contribution < 1.29 is 9.53 Å². The molecular weight excluding hydrogens is 286 g/mol. The van der Waals surface area contributed by atoms with Gasteiger partial charge in [-0.05, 0) is 25.7 Å². The average Bonchev–Trinajstić information content (AvgIpc) is 3.11. The molecule has 1 spiro atoms. The average molecular weight is 309 g/mol. The number of likely N-dealkylation sites (tertiary alicyclic amines) is 1. The second-order valence-corrected chi connectivity index (χ2v) is 7.24. The second-order valence-electron chi connectivity index (χ2n) is 6.26. The molecule has 2 aliphatic rings. The number of hydrogen-bond donors (Lipinski definition) is 0. The van der Waals surface area contributed by atoms with Crippen LogP contribution in [0, 0.1) is 0 Å². The van der Waals surface area contributed by atoms with Crippen LogP contribution in [0.4, 0.5) is 0 Å². The Labute approximate surface area is 129 Å². The minimum atomic E-state index is -0.231. The highest BCUT2D eigenvalue weighted by molar-refractivity contribution is 7.09. The van der Waals surface area contributed by atoms with Crippen molar-refractivity contribution in [2.75, 3.05) is 27.2 Å². The van der Waals surface area contributed by atoms with Gasteiger partial charge in [0.2, 0.25) is 0 Å². The molecule has 3 rings (SSSR count). The van der Waals surface area contributed by atoms with Crippen LogP contribution in [-0.4, -0.2) is 59.6 Å². The highest BCUT2D eigenvalue weighted by atomic mass is 32.1. The predicted molar refractivity (Wildman–Crippen MR) is 82.2 cm³/mol. The maximum absolute atomic E-state index is 12.0. The molecule has 0 saturated carbocycles. The van der Waals surface area contributed by atoms with Crippen LogP contribution in [0.3, 0.4) is 0 Å². The van der Waals surface area contributed by atoms with Gasteiger partial charge in [0.25, 0.3) is 5.91 Å². The zero-order chi connectivity index (χ0) is 14.9. The van der Waals surface area contributed by atoms with Crippen LogP contribution >= 0.6 is 11.3 Å². The van der Waals surface area contributed by atoms with E-state index >= 15 is 0 Å². The van der Waals surface area contributed by atoms with Gasteiger partial charge in [0.15, 0.2) is 0 Å². The molecule has 2 fully saturated rings. The van der Waals surface area contributed by atoms with Crippen LogP contribution in [0.2, 0.25) is 0 Å². The summed E-state index contributed by atoms with van der Waals surface area (Å²) < 4.78 is 6.17. The van der Waals surface area contributed by atoms with E-state index < -0.39 is 0 Å². The van der Waals surface area contributed by atoms with Crippen molar-refractivity contribution in [1.29, 1.82) is 0 Å². The quantitative estimate of drug-likeness (QED) is 0.853. The summed E-state index contributed by atoms with van der Waals surface area (Å²) in [5, 5.41) is 3.21. The summed E-state index contributed by atoms with van der Waals surface area (Å²) in [5.41, 5.74) is -0.0598. The highest BCUT2D eigenvalue weighted by Crippen LogP contribution is 2.39. The fraction of sp³-hybridized carbons (Fsp3) is 0.733. The van der Waals surface area contributed by atoms with Crippen LogP contribution < -0.4 is 0 Å². The molecule has 3 heterocycles. The van der Waals surface area contributed by atoms with E-state index in [0.29, 0.717) is 0 Å². The number of thiazole rings is 1. The van der Waals surface area contributed by atoms with Crippen LogP contribution in [0.1, 0.15) is 30.7 Å². The van der Waals surface area contributed by atoms with Gasteiger partial charge in [0.05, 0.1) is 12.1 Å². The second kappa shape index (κ2) is 6.02. The molecule has 6 heteroatoms. The Balaban J connectivity index is 1.52. The molecule has 1 aromatic rings. The lowest BCUT2D eigenvalue weighted by Crippen LogP contribution is -2.45. The molecule has 0 N–H and O–H groups in total. The maximum atomic E-state index is 12.0. The Kier molecular flexibility index (Phi) is 4.28. The fourth-order valence-corrected chi connectivity index (χ4v) is 3.94. The first kappa shape index (κ1) is 14.9. The zero-order valence-electron chi connectivity index (χ0n) is 12.7. The Bertz CT molecular complexity index is 481. The maximum Gasteiger partial charge on any atom is 0.251 e. The molecule has 1 aromatic heterocycles. The molecule has 21 heavy (non-hydrogen) atoms. The van der Waals surface area contributed by atoms with Gasteiger partial charge in [-0.25, -0.2) is 4.98 Å². The van der Waals surface area contributed by atoms with Crippen molar-refractivity contribution in [3.8, 4) is 0 Å². The molecule has 0 aliphatic carbocycles. The van der Waals surface area contributed by atoms with E-state index in [2.05, 4.69) is 9.88 Å². The molecule has 2 saturated heterocycles. The molecule has 5 nitrogen and oxygen atoms in total. The molecule has 0 aromatic carbocycles. The number of carbonyl (C=O) groups is 1. The number of nitrogens with zero attached hydrogens (tertiary/aromatic N) is 3. The largest absolute Gasteiger partial charge is 0.362 e. The smallest absolute Gasteiger partial charge is 0.251 e. The fourth-order valence-electron chi connectivity index (χ4n) is 3.28. The van der Waals surface area contributed by atoms with Gasteiger partial charge >= 0.3 is 0 Å². The third-order valence-electron chi connectivity index (χ3n) is 4.58. The number of amides is 1. The number of ether oxygens (including phenoxy) is 1. The third-order valence-corrected chi connectivity index (χ3v) is 5.34. The normalized spacial score (nSPS) is 25.3. The van der Waals surface area contributed by atoms with Crippen LogP contribution in [0.5, 0.6) is 0 Å². The standard InChI is InChI=1S/C15H23N3O2S/c1-17(2)14(19)12-3-4-15(20-12)5-8-18(9-6-15)11-13-16-7-10-21-13/h7,10,12H,3-6,8-9,11H2,1-2H3/t12-/m1/s1. The van der Waals surface area contributed by atoms with Crippen LogP contribution in [0.15, 0.2) is 11.6 Å². The minimum Gasteiger partial charge on any atom is -0.362 e.